The number of nitrogens with zero attached hydrogens (tertiary/aromatic N) is 3. The lowest BCUT2D eigenvalue weighted by atomic mass is 9.12. The molecule has 5 aromatic carbocycles. The summed E-state index contributed by atoms with van der Waals surface area (Å²) < 4.78 is 343. The molecule has 29 heteroatoms. The molecule has 0 unspecified atom stereocenters. The van der Waals surface area contributed by atoms with Crippen LogP contribution in [0.2, 0.25) is 0 Å². The van der Waals surface area contributed by atoms with E-state index >= 15 is 0 Å². The maximum Gasteiger partial charge on any atom is 0.416 e. The molecular weight excluding hydrogens is 1070 g/mol. The van der Waals surface area contributed by atoms with Gasteiger partial charge in [-0.3, -0.25) is 9.78 Å². The monoisotopic (exact) mass is 1090 g/mol. The summed E-state index contributed by atoms with van der Waals surface area (Å²) in [4.78, 5) is 15.8. The summed E-state index contributed by atoms with van der Waals surface area (Å²) >= 11 is 0. The molecule has 1 aromatic heterocycles. The van der Waals surface area contributed by atoms with Gasteiger partial charge in [-0.25, -0.2) is 0 Å². The van der Waals surface area contributed by atoms with E-state index in [-0.39, 0.29) is 12.3 Å². The molecule has 74 heavy (non-hydrogen) atoms. The van der Waals surface area contributed by atoms with Crippen LogP contribution in [0.1, 0.15) is 60.4 Å². The highest BCUT2D eigenvalue weighted by Crippen LogP contribution is 2.41. The molecule has 4 nitrogen and oxygen atoms in total. The number of hydrogen-bond acceptors (Lipinski definition) is 3. The van der Waals surface area contributed by atoms with Gasteiger partial charge in [0.05, 0.1) is 68.5 Å². The minimum atomic E-state index is -6.13. The predicted molar refractivity (Wildman–Crippen MR) is 210 cm³/mol. The Kier molecular flexibility index (Phi) is 15.5. The van der Waals surface area contributed by atoms with Gasteiger partial charge in [-0.05, 0) is 36.4 Å². The predicted octanol–water partition coefficient (Wildman–Crippen LogP) is 12.3. The Bertz CT molecular complexity index is 2630. The molecule has 0 saturated carbocycles. The Balaban J connectivity index is 0.000000500. The van der Waals surface area contributed by atoms with Crippen LogP contribution in [-0.4, -0.2) is 16.9 Å². The first-order chi connectivity index (χ1) is 33.6. The van der Waals surface area contributed by atoms with Crippen molar-refractivity contribution in [1.82, 2.24) is 4.98 Å². The maximum atomic E-state index is 14.2. The van der Waals surface area contributed by atoms with Crippen LogP contribution >= 0.6 is 0 Å². The van der Waals surface area contributed by atoms with Crippen LogP contribution in [0.15, 0.2) is 122 Å². The molecule has 0 N–H and O–H groups in total. The SMILES string of the molecule is FC(F)(F)c1cc([B-](c2cc(C(F)(F)F)cc(C(F)(F)F)c2)(c2cc(C(F)(F)F)cc(C(F)(F)F)c2)c2cc(C(F)(F)F)cc(C(F)(F)F)c2)cc(C(F)(F)F)c1.N#Cc1cccc(C(=O)C[n+]2ccncc2)c1. The zero-order valence-corrected chi connectivity index (χ0v) is 35.7. The lowest BCUT2D eigenvalue weighted by Crippen LogP contribution is -2.75. The van der Waals surface area contributed by atoms with Gasteiger partial charge in [0.2, 0.25) is 12.3 Å². The average Bonchev–Trinajstić information content (AvgIpc) is 3.27. The molecule has 0 aliphatic heterocycles. The number of ketones is 1. The number of rotatable bonds is 7. The van der Waals surface area contributed by atoms with Gasteiger partial charge >= 0.3 is 49.4 Å². The lowest BCUT2D eigenvalue weighted by molar-refractivity contribution is -0.683. The third-order valence-corrected chi connectivity index (χ3v) is 10.8. The Morgan fingerprint density at radius 1 is 0.419 bits per heavy atom. The number of hydrogen-bond donors (Lipinski definition) is 0. The highest BCUT2D eigenvalue weighted by atomic mass is 19.4. The minimum Gasteiger partial charge on any atom is -0.287 e. The number of carbonyl (C=O) groups excluding carboxylic acids is 1. The smallest absolute Gasteiger partial charge is 0.287 e. The number of nitriles is 1. The third kappa shape index (κ3) is 13.3. The zero-order chi connectivity index (χ0) is 56.0. The maximum absolute atomic E-state index is 14.2. The van der Waals surface area contributed by atoms with Gasteiger partial charge in [-0.1, -0.05) is 60.7 Å². The van der Waals surface area contributed by atoms with E-state index in [0.29, 0.717) is 11.1 Å². The van der Waals surface area contributed by atoms with Gasteiger partial charge in [-0.15, -0.1) is 0 Å². The van der Waals surface area contributed by atoms with E-state index in [1.165, 1.54) is 0 Å². The van der Waals surface area contributed by atoms with Crippen LogP contribution < -0.4 is 26.4 Å². The second kappa shape index (κ2) is 19.9. The molecule has 0 bridgehead atoms. The van der Waals surface area contributed by atoms with Crippen LogP contribution in [0.5, 0.6) is 0 Å². The van der Waals surface area contributed by atoms with Crippen molar-refractivity contribution in [2.24, 2.45) is 0 Å². The Labute approximate surface area is 398 Å². The van der Waals surface area contributed by atoms with E-state index in [0.717, 1.165) is 0 Å². The van der Waals surface area contributed by atoms with Gasteiger partial charge in [0.1, 0.15) is 6.15 Å². The molecule has 1 heterocycles. The van der Waals surface area contributed by atoms with Gasteiger partial charge in [0.25, 0.3) is 0 Å². The zero-order valence-electron chi connectivity index (χ0n) is 35.7. The number of aromatic nitrogens is 2. The summed E-state index contributed by atoms with van der Waals surface area (Å²) in [5, 5.41) is 8.76. The molecule has 6 aromatic rings. The van der Waals surface area contributed by atoms with Crippen molar-refractivity contribution >= 4 is 33.8 Å². The van der Waals surface area contributed by atoms with E-state index in [1.807, 2.05) is 6.07 Å². The van der Waals surface area contributed by atoms with Crippen molar-refractivity contribution in [1.29, 1.82) is 5.26 Å². The summed E-state index contributed by atoms with van der Waals surface area (Å²) in [5.74, 6) is -0.0294. The highest BCUT2D eigenvalue weighted by Gasteiger charge is 2.47. The molecular formula is C45H22BF24N3O. The molecule has 0 aliphatic carbocycles. The fourth-order valence-electron chi connectivity index (χ4n) is 7.54. The number of carbonyl (C=O) groups is 1. The Hall–Kier alpha value is -7.28. The third-order valence-electron chi connectivity index (χ3n) is 10.8. The quantitative estimate of drug-likeness (QED) is 0.0693. The minimum absolute atomic E-state index is 0.0294. The molecule has 0 fully saturated rings. The fraction of sp³-hybridized carbons (Fsp3) is 0.200. The van der Waals surface area contributed by atoms with Crippen molar-refractivity contribution < 1.29 is 115 Å². The first kappa shape index (κ1) is 57.6. The van der Waals surface area contributed by atoms with Crippen LogP contribution in [0, 0.1) is 11.3 Å². The van der Waals surface area contributed by atoms with Gasteiger partial charge in [0, 0.05) is 5.56 Å². The van der Waals surface area contributed by atoms with Crippen molar-refractivity contribution in [3.63, 3.8) is 0 Å². The molecule has 0 spiro atoms. The van der Waals surface area contributed by atoms with Gasteiger partial charge in [0.15, 0.2) is 12.4 Å². The Morgan fingerprint density at radius 2 is 0.676 bits per heavy atom. The number of alkyl halides is 24. The lowest BCUT2D eigenvalue weighted by Gasteiger charge is -2.46. The average molecular weight is 1090 g/mol. The molecule has 6 rings (SSSR count). The first-order valence-corrected chi connectivity index (χ1v) is 19.7. The van der Waals surface area contributed by atoms with E-state index in [2.05, 4.69) is 4.98 Å². The van der Waals surface area contributed by atoms with Gasteiger partial charge in [-0.2, -0.15) is 137 Å². The summed E-state index contributed by atoms with van der Waals surface area (Å²) in [6.07, 6.45) is -48.1. The van der Waals surface area contributed by atoms with E-state index in [1.54, 1.807) is 53.6 Å². The van der Waals surface area contributed by atoms with Crippen molar-refractivity contribution in [3.05, 3.63) is 177 Å². The van der Waals surface area contributed by atoms with Crippen molar-refractivity contribution in [3.8, 4) is 6.07 Å². The summed E-state index contributed by atoms with van der Waals surface area (Å²) in [5.41, 5.74) is -29.2. The first-order valence-electron chi connectivity index (χ1n) is 19.7. The molecule has 0 amide bonds. The van der Waals surface area contributed by atoms with E-state index in [9.17, 15) is 110 Å². The van der Waals surface area contributed by atoms with E-state index in [4.69, 9.17) is 5.26 Å². The number of Topliss-reactive ketones (excluding diaryl/α,β-unsaturated/α-hetero) is 1. The fourth-order valence-corrected chi connectivity index (χ4v) is 7.54. The van der Waals surface area contributed by atoms with Crippen LogP contribution in [0.3, 0.4) is 0 Å². The van der Waals surface area contributed by atoms with Crippen LogP contribution in [0.4, 0.5) is 105 Å². The Morgan fingerprint density at radius 3 is 0.905 bits per heavy atom. The molecule has 0 saturated heterocycles. The highest BCUT2D eigenvalue weighted by molar-refractivity contribution is 7.20. The molecule has 0 aliphatic rings. The second-order valence-electron chi connectivity index (χ2n) is 15.8. The van der Waals surface area contributed by atoms with Crippen LogP contribution in [0.25, 0.3) is 0 Å². The molecule has 0 radical (unpaired) electrons. The van der Waals surface area contributed by atoms with Crippen molar-refractivity contribution in [2.45, 2.75) is 56.0 Å². The normalized spacial score (nSPS) is 13.2. The standard InChI is InChI=1S/C32H12BF24.C13H10N3O/c34-25(35,36)13-1-14(26(37,38)39)6-21(5-13)33(22-7-15(27(40,41)42)2-16(8-22)28(43,44)45,23-9-17(29(46,47)48)3-18(10-23)30(49,50)51)24-11-19(31(52,53)54)4-20(12-24)32(55,56)57;14-9-11-2-1-3-12(8-11)13(17)10-16-6-4-15-5-7-16/h1-12H;1-8H,10H2/q-1;+1. The van der Waals surface area contributed by atoms with E-state index < -0.39 is 195 Å². The summed E-state index contributed by atoms with van der Waals surface area (Å²) in [6.45, 7) is 0.247. The number of halogens is 24. The second-order valence-corrected chi connectivity index (χ2v) is 15.8. The topological polar surface area (TPSA) is 57.6 Å². The summed E-state index contributed by atoms with van der Waals surface area (Å²) in [7, 11) is 0. The van der Waals surface area contributed by atoms with Gasteiger partial charge < -0.3 is 0 Å². The largest absolute Gasteiger partial charge is 0.416 e. The number of benzene rings is 5. The van der Waals surface area contributed by atoms with Crippen molar-refractivity contribution in [2.75, 3.05) is 0 Å². The van der Waals surface area contributed by atoms with Crippen LogP contribution in [-0.2, 0) is 56.0 Å². The molecule has 0 atom stereocenters. The molecule has 394 valence electrons. The summed E-state index contributed by atoms with van der Waals surface area (Å²) in [6, 6.07) is -0.0905.